The van der Waals surface area contributed by atoms with Gasteiger partial charge in [0.1, 0.15) is 5.82 Å². The molecule has 7 heteroatoms. The van der Waals surface area contributed by atoms with Gasteiger partial charge in [0.15, 0.2) is 0 Å². The zero-order valence-corrected chi connectivity index (χ0v) is 12.0. The molecule has 1 aliphatic heterocycles. The number of tetrazole rings is 1. The average Bonchev–Trinajstić information content (AvgIpc) is 3.29. The fraction of sp³-hybridized carbons (Fsp3) is 0.333. The first-order valence-electron chi connectivity index (χ1n) is 7.32. The maximum atomic E-state index is 5.47. The molecule has 0 spiro atoms. The van der Waals surface area contributed by atoms with Gasteiger partial charge in [-0.15, -0.1) is 10.2 Å². The molecular formula is C15H16N6O. The molecule has 0 amide bonds. The molecule has 0 saturated carbocycles. The third-order valence-electron chi connectivity index (χ3n) is 3.93. The van der Waals surface area contributed by atoms with E-state index >= 15 is 0 Å². The van der Waals surface area contributed by atoms with E-state index in [4.69, 9.17) is 4.74 Å². The highest BCUT2D eigenvalue weighted by atomic mass is 16.5. The first-order valence-corrected chi connectivity index (χ1v) is 7.32. The highest BCUT2D eigenvalue weighted by Crippen LogP contribution is 2.24. The van der Waals surface area contributed by atoms with Gasteiger partial charge < -0.3 is 9.30 Å². The molecule has 3 aromatic rings. The van der Waals surface area contributed by atoms with E-state index in [1.165, 1.54) is 5.56 Å². The second-order valence-corrected chi connectivity index (χ2v) is 5.41. The molecular weight excluding hydrogens is 280 g/mol. The number of aromatic nitrogens is 6. The average molecular weight is 296 g/mol. The van der Waals surface area contributed by atoms with Gasteiger partial charge in [0.05, 0.1) is 6.61 Å². The van der Waals surface area contributed by atoms with Gasteiger partial charge in [-0.25, -0.2) is 4.98 Å². The molecule has 1 aromatic carbocycles. The molecule has 22 heavy (non-hydrogen) atoms. The Labute approximate surface area is 127 Å². The van der Waals surface area contributed by atoms with Crippen molar-refractivity contribution < 1.29 is 4.74 Å². The monoisotopic (exact) mass is 296 g/mol. The largest absolute Gasteiger partial charge is 0.381 e. The van der Waals surface area contributed by atoms with Crippen LogP contribution in [0.1, 0.15) is 23.7 Å². The first-order chi connectivity index (χ1) is 10.9. The normalized spacial score (nSPS) is 17.9. The molecule has 1 saturated heterocycles. The number of nitrogens with one attached hydrogen (secondary N) is 1. The summed E-state index contributed by atoms with van der Waals surface area (Å²) in [5, 5.41) is 14.1. The number of hydrogen-bond acceptors (Lipinski definition) is 5. The molecule has 3 heterocycles. The first kappa shape index (κ1) is 13.1. The lowest BCUT2D eigenvalue weighted by atomic mass is 10.1. The van der Waals surface area contributed by atoms with E-state index in [1.54, 1.807) is 0 Å². The van der Waals surface area contributed by atoms with Crippen molar-refractivity contribution >= 4 is 0 Å². The van der Waals surface area contributed by atoms with Crippen molar-refractivity contribution in [3.63, 3.8) is 0 Å². The van der Waals surface area contributed by atoms with Gasteiger partial charge in [0.2, 0.25) is 5.82 Å². The number of ether oxygens (including phenoxy) is 1. The molecule has 0 bridgehead atoms. The van der Waals surface area contributed by atoms with Crippen LogP contribution in [-0.4, -0.2) is 43.4 Å². The fourth-order valence-corrected chi connectivity index (χ4v) is 2.84. The molecule has 0 aliphatic carbocycles. The lowest BCUT2D eigenvalue weighted by molar-refractivity contribution is 0.192. The summed E-state index contributed by atoms with van der Waals surface area (Å²) < 4.78 is 7.66. The van der Waals surface area contributed by atoms with Crippen LogP contribution in [0.2, 0.25) is 0 Å². The molecule has 1 atom stereocenters. The smallest absolute Gasteiger partial charge is 0.204 e. The SMILES string of the molecule is c1cc(Cn2ccnc2[C@H]2CCOC2)cc(-c2nn[nH]n2)c1. The van der Waals surface area contributed by atoms with E-state index in [1.807, 2.05) is 24.5 Å². The topological polar surface area (TPSA) is 81.5 Å². The Hall–Kier alpha value is -2.54. The predicted molar refractivity (Wildman–Crippen MR) is 79.1 cm³/mol. The number of hydrogen-bond donors (Lipinski definition) is 1. The van der Waals surface area contributed by atoms with Crippen molar-refractivity contribution in [2.24, 2.45) is 0 Å². The predicted octanol–water partition coefficient (Wildman–Crippen LogP) is 1.62. The Kier molecular flexibility index (Phi) is 3.40. The third kappa shape index (κ3) is 2.50. The van der Waals surface area contributed by atoms with Gasteiger partial charge in [0, 0.05) is 37.0 Å². The maximum absolute atomic E-state index is 5.47. The molecule has 7 nitrogen and oxygen atoms in total. The summed E-state index contributed by atoms with van der Waals surface area (Å²) in [6.07, 6.45) is 4.92. The number of H-pyrrole nitrogens is 1. The lowest BCUT2D eigenvalue weighted by Crippen LogP contribution is -2.09. The van der Waals surface area contributed by atoms with Gasteiger partial charge in [-0.05, 0) is 23.3 Å². The minimum atomic E-state index is 0.399. The second-order valence-electron chi connectivity index (χ2n) is 5.41. The van der Waals surface area contributed by atoms with Gasteiger partial charge >= 0.3 is 0 Å². The van der Waals surface area contributed by atoms with Crippen molar-refractivity contribution in [2.75, 3.05) is 13.2 Å². The van der Waals surface area contributed by atoms with Crippen molar-refractivity contribution in [3.05, 3.63) is 48.0 Å². The Bertz CT molecular complexity index is 745. The number of aromatic amines is 1. The minimum Gasteiger partial charge on any atom is -0.381 e. The second kappa shape index (κ2) is 5.69. The van der Waals surface area contributed by atoms with Crippen molar-refractivity contribution in [1.82, 2.24) is 30.2 Å². The van der Waals surface area contributed by atoms with E-state index in [-0.39, 0.29) is 0 Å². The molecule has 0 radical (unpaired) electrons. The van der Waals surface area contributed by atoms with Crippen molar-refractivity contribution in [2.45, 2.75) is 18.9 Å². The van der Waals surface area contributed by atoms with Crippen LogP contribution >= 0.6 is 0 Å². The minimum absolute atomic E-state index is 0.399. The zero-order valence-electron chi connectivity index (χ0n) is 12.0. The zero-order chi connectivity index (χ0) is 14.8. The molecule has 1 N–H and O–H groups in total. The third-order valence-corrected chi connectivity index (χ3v) is 3.93. The van der Waals surface area contributed by atoms with E-state index in [0.29, 0.717) is 11.7 Å². The highest BCUT2D eigenvalue weighted by molar-refractivity contribution is 5.54. The van der Waals surface area contributed by atoms with Crippen LogP contribution in [0, 0.1) is 0 Å². The molecule has 1 aliphatic rings. The van der Waals surface area contributed by atoms with Crippen molar-refractivity contribution in [3.8, 4) is 11.4 Å². The summed E-state index contributed by atoms with van der Waals surface area (Å²) in [6.45, 7) is 2.36. The Morgan fingerprint density at radius 1 is 1.36 bits per heavy atom. The molecule has 1 fully saturated rings. The summed E-state index contributed by atoms with van der Waals surface area (Å²) in [7, 11) is 0. The van der Waals surface area contributed by atoms with Gasteiger partial charge in [-0.1, -0.05) is 18.2 Å². The van der Waals surface area contributed by atoms with Crippen LogP contribution in [0.4, 0.5) is 0 Å². The van der Waals surface area contributed by atoms with Gasteiger partial charge in [0.25, 0.3) is 0 Å². The van der Waals surface area contributed by atoms with Crippen LogP contribution in [0.15, 0.2) is 36.7 Å². The van der Waals surface area contributed by atoms with E-state index in [2.05, 4.69) is 42.3 Å². The summed E-state index contributed by atoms with van der Waals surface area (Å²) in [4.78, 5) is 4.51. The lowest BCUT2D eigenvalue weighted by Gasteiger charge is -2.12. The molecule has 112 valence electrons. The van der Waals surface area contributed by atoms with Crippen molar-refractivity contribution in [1.29, 1.82) is 0 Å². The Morgan fingerprint density at radius 3 is 3.18 bits per heavy atom. The number of nitrogens with zero attached hydrogens (tertiary/aromatic N) is 5. The number of benzene rings is 1. The quantitative estimate of drug-likeness (QED) is 0.791. The summed E-state index contributed by atoms with van der Waals surface area (Å²) in [6, 6.07) is 8.17. The summed E-state index contributed by atoms with van der Waals surface area (Å²) >= 11 is 0. The van der Waals surface area contributed by atoms with E-state index in [0.717, 1.165) is 37.6 Å². The molecule has 2 aromatic heterocycles. The van der Waals surface area contributed by atoms with Crippen LogP contribution < -0.4 is 0 Å². The Balaban J connectivity index is 1.59. The Morgan fingerprint density at radius 2 is 2.36 bits per heavy atom. The number of rotatable bonds is 4. The number of imidazole rings is 1. The van der Waals surface area contributed by atoms with Crippen LogP contribution in [-0.2, 0) is 11.3 Å². The van der Waals surface area contributed by atoms with Gasteiger partial charge in [-0.2, -0.15) is 5.21 Å². The van der Waals surface area contributed by atoms with Crippen LogP contribution in [0.5, 0.6) is 0 Å². The standard InChI is InChI=1S/C15H16N6O/c1-2-11(8-12(3-1)14-17-19-20-18-14)9-21-6-5-16-15(21)13-4-7-22-10-13/h1-3,5-6,8,13H,4,7,9-10H2,(H,17,18,19,20)/t13-/m0/s1. The highest BCUT2D eigenvalue weighted by Gasteiger charge is 2.22. The van der Waals surface area contributed by atoms with E-state index < -0.39 is 0 Å². The summed E-state index contributed by atoms with van der Waals surface area (Å²) in [5.74, 6) is 2.11. The molecule has 4 rings (SSSR count). The fourth-order valence-electron chi connectivity index (χ4n) is 2.84. The van der Waals surface area contributed by atoms with Gasteiger partial charge in [-0.3, -0.25) is 0 Å². The van der Waals surface area contributed by atoms with E-state index in [9.17, 15) is 0 Å². The maximum Gasteiger partial charge on any atom is 0.204 e. The molecule has 0 unspecified atom stereocenters. The van der Waals surface area contributed by atoms with Crippen LogP contribution in [0.25, 0.3) is 11.4 Å². The van der Waals surface area contributed by atoms with Crippen LogP contribution in [0.3, 0.4) is 0 Å². The summed E-state index contributed by atoms with van der Waals surface area (Å²) in [5.41, 5.74) is 2.14.